The highest BCUT2D eigenvalue weighted by atomic mass is 15.2. The zero-order valence-corrected chi connectivity index (χ0v) is 10.6. The maximum Gasteiger partial charge on any atom is 0.0988 e. The monoisotopic (exact) mass is 222 g/mol. The lowest BCUT2D eigenvalue weighted by atomic mass is 10.1. The highest BCUT2D eigenvalue weighted by Crippen LogP contribution is 2.15. The van der Waals surface area contributed by atoms with Gasteiger partial charge in [-0.1, -0.05) is 32.1 Å². The molecule has 0 spiro atoms. The Hall–Kier alpha value is -0.530. The lowest BCUT2D eigenvalue weighted by Crippen LogP contribution is -2.31. The number of aliphatic imine (C=N–C) groups is 1. The second kappa shape index (κ2) is 6.93. The predicted molar refractivity (Wildman–Crippen MR) is 70.0 cm³/mol. The number of fused-ring (bicyclic) bond motifs is 1. The van der Waals surface area contributed by atoms with Crippen molar-refractivity contribution in [2.75, 3.05) is 19.6 Å². The molecule has 2 heterocycles. The lowest BCUT2D eigenvalue weighted by molar-refractivity contribution is 0.397. The van der Waals surface area contributed by atoms with Crippen LogP contribution in [0.1, 0.15) is 64.2 Å². The molecule has 2 aliphatic rings. The van der Waals surface area contributed by atoms with Gasteiger partial charge in [0.05, 0.1) is 5.84 Å². The van der Waals surface area contributed by atoms with E-state index >= 15 is 0 Å². The predicted octanol–water partition coefficient (Wildman–Crippen LogP) is 3.62. The van der Waals surface area contributed by atoms with Crippen LogP contribution in [-0.4, -0.2) is 30.4 Å². The summed E-state index contributed by atoms with van der Waals surface area (Å²) in [6, 6.07) is 0. The van der Waals surface area contributed by atoms with Crippen LogP contribution in [0.3, 0.4) is 0 Å². The van der Waals surface area contributed by atoms with Crippen molar-refractivity contribution < 1.29 is 0 Å². The Morgan fingerprint density at radius 1 is 0.688 bits per heavy atom. The van der Waals surface area contributed by atoms with Crippen LogP contribution >= 0.6 is 0 Å². The minimum absolute atomic E-state index is 1.08. The van der Waals surface area contributed by atoms with Gasteiger partial charge in [0.1, 0.15) is 0 Å². The van der Waals surface area contributed by atoms with Crippen LogP contribution in [0.25, 0.3) is 0 Å². The molecule has 0 aromatic rings. The van der Waals surface area contributed by atoms with Gasteiger partial charge in [-0.25, -0.2) is 0 Å². The van der Waals surface area contributed by atoms with E-state index < -0.39 is 0 Å². The second-order valence-electron chi connectivity index (χ2n) is 5.22. The molecule has 0 amide bonds. The average molecular weight is 222 g/mol. The average Bonchev–Trinajstić information content (AvgIpc) is 2.53. The fourth-order valence-corrected chi connectivity index (χ4v) is 2.80. The van der Waals surface area contributed by atoms with Gasteiger partial charge in [0, 0.05) is 26.1 Å². The first-order chi connectivity index (χ1) is 7.97. The van der Waals surface area contributed by atoms with E-state index in [0.717, 1.165) is 6.54 Å². The molecule has 0 aromatic carbocycles. The summed E-state index contributed by atoms with van der Waals surface area (Å²) >= 11 is 0. The van der Waals surface area contributed by atoms with E-state index in [1.807, 2.05) is 0 Å². The van der Waals surface area contributed by atoms with E-state index in [1.165, 1.54) is 83.1 Å². The van der Waals surface area contributed by atoms with Gasteiger partial charge in [0.2, 0.25) is 0 Å². The summed E-state index contributed by atoms with van der Waals surface area (Å²) in [6.07, 6.45) is 13.7. The highest BCUT2D eigenvalue weighted by Gasteiger charge is 2.14. The summed E-state index contributed by atoms with van der Waals surface area (Å²) in [7, 11) is 0. The van der Waals surface area contributed by atoms with E-state index in [9.17, 15) is 0 Å². The molecule has 0 unspecified atom stereocenters. The fraction of sp³-hybridized carbons (Fsp3) is 0.929. The summed E-state index contributed by atoms with van der Waals surface area (Å²) in [5.41, 5.74) is 0. The summed E-state index contributed by atoms with van der Waals surface area (Å²) in [5, 5.41) is 0. The first kappa shape index (κ1) is 11.9. The molecule has 2 rings (SSSR count). The van der Waals surface area contributed by atoms with E-state index in [1.54, 1.807) is 0 Å². The topological polar surface area (TPSA) is 15.6 Å². The first-order valence-corrected chi connectivity index (χ1v) is 7.25. The molecule has 16 heavy (non-hydrogen) atoms. The van der Waals surface area contributed by atoms with Crippen LogP contribution < -0.4 is 0 Å². The number of amidine groups is 1. The molecule has 0 atom stereocenters. The summed E-state index contributed by atoms with van der Waals surface area (Å²) in [5.74, 6) is 1.43. The van der Waals surface area contributed by atoms with Crippen molar-refractivity contribution in [2.24, 2.45) is 4.99 Å². The van der Waals surface area contributed by atoms with Crippen LogP contribution in [0, 0.1) is 0 Å². The molecule has 2 nitrogen and oxygen atoms in total. The van der Waals surface area contributed by atoms with Crippen molar-refractivity contribution in [3.05, 3.63) is 0 Å². The van der Waals surface area contributed by atoms with Crippen LogP contribution in [0.2, 0.25) is 0 Å². The fourth-order valence-electron chi connectivity index (χ4n) is 2.80. The van der Waals surface area contributed by atoms with Crippen LogP contribution in [0.15, 0.2) is 4.99 Å². The third-order valence-corrected chi connectivity index (χ3v) is 3.82. The third-order valence-electron chi connectivity index (χ3n) is 3.82. The molecule has 1 fully saturated rings. The Morgan fingerprint density at radius 2 is 1.31 bits per heavy atom. The third kappa shape index (κ3) is 3.80. The first-order valence-electron chi connectivity index (χ1n) is 7.25. The molecule has 2 aliphatic heterocycles. The summed E-state index contributed by atoms with van der Waals surface area (Å²) in [6.45, 7) is 3.60. The quantitative estimate of drug-likeness (QED) is 0.611. The van der Waals surface area contributed by atoms with Crippen LogP contribution in [0.4, 0.5) is 0 Å². The Bertz CT molecular complexity index is 223. The van der Waals surface area contributed by atoms with E-state index in [0.29, 0.717) is 0 Å². The number of hydrogen-bond acceptors (Lipinski definition) is 2. The Kier molecular flexibility index (Phi) is 5.17. The minimum atomic E-state index is 1.08. The van der Waals surface area contributed by atoms with Gasteiger partial charge in [-0.2, -0.15) is 0 Å². The summed E-state index contributed by atoms with van der Waals surface area (Å²) < 4.78 is 0. The molecule has 0 aliphatic carbocycles. The van der Waals surface area contributed by atoms with Crippen molar-refractivity contribution >= 4 is 5.84 Å². The smallest absolute Gasteiger partial charge is 0.0988 e. The van der Waals surface area contributed by atoms with E-state index in [2.05, 4.69) is 4.90 Å². The van der Waals surface area contributed by atoms with Gasteiger partial charge in [-0.3, -0.25) is 4.99 Å². The van der Waals surface area contributed by atoms with Crippen molar-refractivity contribution in [3.63, 3.8) is 0 Å². The van der Waals surface area contributed by atoms with Gasteiger partial charge in [0.15, 0.2) is 0 Å². The normalized spacial score (nSPS) is 25.0. The molecule has 0 saturated carbocycles. The number of rotatable bonds is 0. The zero-order chi connectivity index (χ0) is 11.1. The van der Waals surface area contributed by atoms with Crippen molar-refractivity contribution in [2.45, 2.75) is 64.2 Å². The minimum Gasteiger partial charge on any atom is -0.360 e. The van der Waals surface area contributed by atoms with E-state index in [-0.39, 0.29) is 0 Å². The molecule has 0 aromatic heterocycles. The van der Waals surface area contributed by atoms with Crippen molar-refractivity contribution in [1.29, 1.82) is 0 Å². The molecule has 0 bridgehead atoms. The molecule has 92 valence electrons. The lowest BCUT2D eigenvalue weighted by Gasteiger charge is -2.24. The SMILES string of the molecule is C1CCCCN2CCCCCC2=NCCC1. The summed E-state index contributed by atoms with van der Waals surface area (Å²) in [4.78, 5) is 7.43. The van der Waals surface area contributed by atoms with Gasteiger partial charge >= 0.3 is 0 Å². The van der Waals surface area contributed by atoms with Crippen LogP contribution in [0.5, 0.6) is 0 Å². The van der Waals surface area contributed by atoms with E-state index in [4.69, 9.17) is 4.99 Å². The molecule has 0 radical (unpaired) electrons. The molecule has 1 saturated heterocycles. The van der Waals surface area contributed by atoms with Gasteiger partial charge < -0.3 is 4.90 Å². The standard InChI is InChI=1S/C14H26N2/c1-2-4-8-12-16-13-9-5-6-10-14(16)15-11-7-3-1/h1-13H2. The van der Waals surface area contributed by atoms with Gasteiger partial charge in [0.25, 0.3) is 0 Å². The molecule has 2 heteroatoms. The Balaban J connectivity index is 1.96. The highest BCUT2D eigenvalue weighted by molar-refractivity contribution is 5.82. The molecular formula is C14H26N2. The van der Waals surface area contributed by atoms with Crippen molar-refractivity contribution in [3.8, 4) is 0 Å². The largest absolute Gasteiger partial charge is 0.360 e. The number of nitrogens with zero attached hydrogens (tertiary/aromatic N) is 2. The maximum atomic E-state index is 4.85. The molecule has 0 N–H and O–H groups in total. The molecular weight excluding hydrogens is 196 g/mol. The van der Waals surface area contributed by atoms with Gasteiger partial charge in [-0.05, 0) is 25.7 Å². The Morgan fingerprint density at radius 3 is 2.12 bits per heavy atom. The van der Waals surface area contributed by atoms with Crippen molar-refractivity contribution in [1.82, 2.24) is 4.90 Å². The van der Waals surface area contributed by atoms with Crippen LogP contribution in [-0.2, 0) is 0 Å². The second-order valence-corrected chi connectivity index (χ2v) is 5.22. The Labute approximate surface area is 100 Å². The number of hydrogen-bond donors (Lipinski definition) is 0. The van der Waals surface area contributed by atoms with Gasteiger partial charge in [-0.15, -0.1) is 0 Å². The zero-order valence-electron chi connectivity index (χ0n) is 10.6. The maximum absolute atomic E-state index is 4.85.